The Morgan fingerprint density at radius 2 is 1.92 bits per heavy atom. The number of nitrogens with zero attached hydrogens (tertiary/aromatic N) is 2. The van der Waals surface area contributed by atoms with Crippen molar-refractivity contribution in [3.63, 3.8) is 0 Å². The van der Waals surface area contributed by atoms with Crippen LogP contribution in [0.5, 0.6) is 5.75 Å². The first kappa shape index (κ1) is 20.6. The van der Waals surface area contributed by atoms with Crippen molar-refractivity contribution in [2.24, 2.45) is 5.92 Å². The van der Waals surface area contributed by atoms with E-state index >= 15 is 0 Å². The SMILES string of the molecule is CCC(CC)CN1CCC(Nc2cccc(OC)c2)(C(=O)N(C)C)CC1. The molecule has 1 heterocycles. The summed E-state index contributed by atoms with van der Waals surface area (Å²) in [6.45, 7) is 7.57. The monoisotopic (exact) mass is 361 g/mol. The minimum absolute atomic E-state index is 0.155. The zero-order chi connectivity index (χ0) is 19.2. The third kappa shape index (κ3) is 4.91. The Morgan fingerprint density at radius 1 is 1.27 bits per heavy atom. The van der Waals surface area contributed by atoms with Gasteiger partial charge in [0.05, 0.1) is 7.11 Å². The summed E-state index contributed by atoms with van der Waals surface area (Å²) in [6, 6.07) is 7.84. The molecular formula is C21H35N3O2. The van der Waals surface area contributed by atoms with E-state index in [9.17, 15) is 4.79 Å². The fourth-order valence-corrected chi connectivity index (χ4v) is 3.83. The molecule has 0 aliphatic carbocycles. The van der Waals surface area contributed by atoms with Crippen LogP contribution in [0.15, 0.2) is 24.3 Å². The molecule has 0 radical (unpaired) electrons. The molecule has 0 aromatic heterocycles. The van der Waals surface area contributed by atoms with Gasteiger partial charge in [0.15, 0.2) is 0 Å². The second-order valence-corrected chi connectivity index (χ2v) is 7.62. The average Bonchev–Trinajstić information content (AvgIpc) is 2.66. The summed E-state index contributed by atoms with van der Waals surface area (Å²) in [5, 5.41) is 3.55. The number of carbonyl (C=O) groups is 1. The summed E-state index contributed by atoms with van der Waals surface area (Å²) in [6.07, 6.45) is 4.08. The summed E-state index contributed by atoms with van der Waals surface area (Å²) in [5.41, 5.74) is 0.397. The molecule has 0 bridgehead atoms. The molecule has 26 heavy (non-hydrogen) atoms. The number of likely N-dealkylation sites (tertiary alicyclic amines) is 1. The molecule has 5 nitrogen and oxygen atoms in total. The third-order valence-electron chi connectivity index (χ3n) is 5.65. The molecular weight excluding hydrogens is 326 g/mol. The van der Waals surface area contributed by atoms with Gasteiger partial charge in [0, 0.05) is 45.5 Å². The molecule has 1 aromatic rings. The molecule has 1 aromatic carbocycles. The van der Waals surface area contributed by atoms with Crippen LogP contribution in [-0.2, 0) is 4.79 Å². The maximum Gasteiger partial charge on any atom is 0.247 e. The quantitative estimate of drug-likeness (QED) is 0.770. The predicted octanol–water partition coefficient (Wildman–Crippen LogP) is 3.47. The normalized spacial score (nSPS) is 17.2. The molecule has 1 aliphatic heterocycles. The summed E-state index contributed by atoms with van der Waals surface area (Å²) in [4.78, 5) is 17.3. The van der Waals surface area contributed by atoms with E-state index in [0.29, 0.717) is 0 Å². The Bertz CT molecular complexity index is 576. The van der Waals surface area contributed by atoms with Gasteiger partial charge in [-0.25, -0.2) is 0 Å². The van der Waals surface area contributed by atoms with Gasteiger partial charge in [0.1, 0.15) is 11.3 Å². The van der Waals surface area contributed by atoms with Crippen molar-refractivity contribution in [1.29, 1.82) is 0 Å². The average molecular weight is 362 g/mol. The van der Waals surface area contributed by atoms with E-state index in [1.54, 1.807) is 12.0 Å². The highest BCUT2D eigenvalue weighted by atomic mass is 16.5. The molecule has 0 unspecified atom stereocenters. The van der Waals surface area contributed by atoms with Crippen LogP contribution < -0.4 is 10.1 Å². The lowest BCUT2D eigenvalue weighted by atomic mass is 9.85. The van der Waals surface area contributed by atoms with E-state index in [0.717, 1.165) is 49.8 Å². The van der Waals surface area contributed by atoms with Gasteiger partial charge in [-0.2, -0.15) is 0 Å². The van der Waals surface area contributed by atoms with Crippen molar-refractivity contribution < 1.29 is 9.53 Å². The van der Waals surface area contributed by atoms with E-state index < -0.39 is 5.54 Å². The molecule has 0 spiro atoms. The fourth-order valence-electron chi connectivity index (χ4n) is 3.83. The number of benzene rings is 1. The summed E-state index contributed by atoms with van der Waals surface area (Å²) < 4.78 is 5.33. The van der Waals surface area contributed by atoms with Crippen molar-refractivity contribution >= 4 is 11.6 Å². The third-order valence-corrected chi connectivity index (χ3v) is 5.65. The Balaban J connectivity index is 2.13. The van der Waals surface area contributed by atoms with E-state index in [2.05, 4.69) is 24.1 Å². The van der Waals surface area contributed by atoms with Crippen LogP contribution >= 0.6 is 0 Å². The standard InChI is InChI=1S/C21H35N3O2/c1-6-17(7-2)16-24-13-11-21(12-14-24,20(25)23(3)4)22-18-9-8-10-19(15-18)26-5/h8-10,15,17,22H,6-7,11-14,16H2,1-5H3. The van der Waals surface area contributed by atoms with E-state index in [1.807, 2.05) is 38.4 Å². The first-order chi connectivity index (χ1) is 12.4. The second-order valence-electron chi connectivity index (χ2n) is 7.62. The second kappa shape index (κ2) is 9.26. The minimum atomic E-state index is -0.541. The van der Waals surface area contributed by atoms with Crippen LogP contribution in [0.3, 0.4) is 0 Å². The number of hydrogen-bond donors (Lipinski definition) is 1. The molecule has 1 fully saturated rings. The van der Waals surface area contributed by atoms with Crippen molar-refractivity contribution in [3.05, 3.63) is 24.3 Å². The van der Waals surface area contributed by atoms with E-state index in [4.69, 9.17) is 4.74 Å². The van der Waals surface area contributed by atoms with E-state index in [1.165, 1.54) is 12.8 Å². The minimum Gasteiger partial charge on any atom is -0.497 e. The van der Waals surface area contributed by atoms with Crippen LogP contribution in [0.1, 0.15) is 39.5 Å². The fraction of sp³-hybridized carbons (Fsp3) is 0.667. The number of methoxy groups -OCH3 is 1. The largest absolute Gasteiger partial charge is 0.497 e. The number of rotatable bonds is 8. The Kier molecular flexibility index (Phi) is 7.33. The molecule has 1 amide bonds. The number of ether oxygens (including phenoxy) is 1. The van der Waals surface area contributed by atoms with Crippen LogP contribution in [0.25, 0.3) is 0 Å². The maximum atomic E-state index is 13.0. The Morgan fingerprint density at radius 3 is 2.46 bits per heavy atom. The zero-order valence-electron chi connectivity index (χ0n) is 17.0. The smallest absolute Gasteiger partial charge is 0.247 e. The lowest BCUT2D eigenvalue weighted by Gasteiger charge is -2.43. The number of nitrogens with one attached hydrogen (secondary N) is 1. The van der Waals surface area contributed by atoms with Crippen molar-refractivity contribution in [2.45, 2.75) is 45.1 Å². The Hall–Kier alpha value is -1.75. The van der Waals surface area contributed by atoms with Gasteiger partial charge in [-0.05, 0) is 30.9 Å². The van der Waals surface area contributed by atoms with E-state index in [-0.39, 0.29) is 5.91 Å². The summed E-state index contributed by atoms with van der Waals surface area (Å²) in [7, 11) is 5.35. The molecule has 1 saturated heterocycles. The van der Waals surface area contributed by atoms with Crippen molar-refractivity contribution in [2.75, 3.05) is 46.2 Å². The van der Waals surface area contributed by atoms with Gasteiger partial charge in [-0.1, -0.05) is 32.8 Å². The van der Waals surface area contributed by atoms with Crippen LogP contribution in [0, 0.1) is 5.92 Å². The lowest BCUT2D eigenvalue weighted by molar-refractivity contribution is -0.135. The van der Waals surface area contributed by atoms with Crippen LogP contribution in [-0.4, -0.2) is 62.1 Å². The van der Waals surface area contributed by atoms with Gasteiger partial charge in [0.25, 0.3) is 0 Å². The summed E-state index contributed by atoms with van der Waals surface area (Å²) >= 11 is 0. The summed E-state index contributed by atoms with van der Waals surface area (Å²) in [5.74, 6) is 1.70. The molecule has 146 valence electrons. The van der Waals surface area contributed by atoms with Crippen molar-refractivity contribution in [3.8, 4) is 5.75 Å². The number of carbonyl (C=O) groups excluding carboxylic acids is 1. The van der Waals surface area contributed by atoms with Gasteiger partial charge in [0.2, 0.25) is 5.91 Å². The molecule has 0 atom stereocenters. The lowest BCUT2D eigenvalue weighted by Crippen LogP contribution is -2.58. The number of anilines is 1. The first-order valence-electron chi connectivity index (χ1n) is 9.80. The number of piperidine rings is 1. The van der Waals surface area contributed by atoms with Gasteiger partial charge in [-0.3, -0.25) is 4.79 Å². The highest BCUT2D eigenvalue weighted by Crippen LogP contribution is 2.31. The highest BCUT2D eigenvalue weighted by Gasteiger charge is 2.42. The van der Waals surface area contributed by atoms with Gasteiger partial charge >= 0.3 is 0 Å². The molecule has 2 rings (SSSR count). The zero-order valence-corrected chi connectivity index (χ0v) is 17.0. The van der Waals surface area contributed by atoms with Crippen LogP contribution in [0.4, 0.5) is 5.69 Å². The maximum absolute atomic E-state index is 13.0. The Labute approximate surface area is 158 Å². The topological polar surface area (TPSA) is 44.8 Å². The van der Waals surface area contributed by atoms with Crippen LogP contribution in [0.2, 0.25) is 0 Å². The number of amides is 1. The van der Waals surface area contributed by atoms with Crippen molar-refractivity contribution in [1.82, 2.24) is 9.80 Å². The molecule has 1 N–H and O–H groups in total. The predicted molar refractivity (Wildman–Crippen MR) is 108 cm³/mol. The van der Waals surface area contributed by atoms with Gasteiger partial charge < -0.3 is 19.9 Å². The number of likely N-dealkylation sites (N-methyl/N-ethyl adjacent to an activating group) is 1. The molecule has 1 aliphatic rings. The van der Waals surface area contributed by atoms with Gasteiger partial charge in [-0.15, -0.1) is 0 Å². The molecule has 5 heteroatoms. The highest BCUT2D eigenvalue weighted by molar-refractivity contribution is 5.89. The first-order valence-corrected chi connectivity index (χ1v) is 9.80. The molecule has 0 saturated carbocycles. The number of hydrogen-bond acceptors (Lipinski definition) is 4.